The van der Waals surface area contributed by atoms with E-state index in [-0.39, 0.29) is 11.1 Å². The Hall–Kier alpha value is -4.16. The summed E-state index contributed by atoms with van der Waals surface area (Å²) < 4.78 is 10.5. The van der Waals surface area contributed by atoms with E-state index in [1.807, 2.05) is 36.4 Å². The molecular formula is C38H48N2O4. The molecule has 44 heavy (non-hydrogen) atoms. The second-order valence-corrected chi connectivity index (χ2v) is 11.1. The van der Waals surface area contributed by atoms with E-state index in [0.717, 1.165) is 101 Å². The van der Waals surface area contributed by atoms with Crippen molar-refractivity contribution >= 4 is 24.1 Å². The van der Waals surface area contributed by atoms with Gasteiger partial charge in [-0.3, -0.25) is 0 Å². The number of carbonyl (C=O) groups excluding carboxylic acids is 2. The number of carbonyl (C=O) groups is 2. The van der Waals surface area contributed by atoms with Crippen LogP contribution in [0.5, 0.6) is 0 Å². The third-order valence-electron chi connectivity index (χ3n) is 7.41. The van der Waals surface area contributed by atoms with Gasteiger partial charge < -0.3 is 9.47 Å². The third kappa shape index (κ3) is 14.8. The molecule has 0 aliphatic heterocycles. The van der Waals surface area contributed by atoms with Crippen molar-refractivity contribution < 1.29 is 19.1 Å². The second kappa shape index (κ2) is 22.4. The fourth-order valence-electron chi connectivity index (χ4n) is 4.72. The summed E-state index contributed by atoms with van der Waals surface area (Å²) in [5.74, 6) is -1.11. The monoisotopic (exact) mass is 596 g/mol. The van der Waals surface area contributed by atoms with Gasteiger partial charge in [-0.2, -0.15) is 10.5 Å². The maximum atomic E-state index is 12.2. The lowest BCUT2D eigenvalue weighted by Crippen LogP contribution is -2.08. The molecule has 0 radical (unpaired) electrons. The summed E-state index contributed by atoms with van der Waals surface area (Å²) in [6.07, 6.45) is 17.8. The Labute approximate surface area is 264 Å². The van der Waals surface area contributed by atoms with Crippen molar-refractivity contribution in [2.45, 2.75) is 104 Å². The zero-order valence-electron chi connectivity index (χ0n) is 26.6. The zero-order chi connectivity index (χ0) is 31.8. The molecule has 2 aromatic rings. The summed E-state index contributed by atoms with van der Waals surface area (Å²) in [7, 11) is 0. The summed E-state index contributed by atoms with van der Waals surface area (Å²) >= 11 is 0. The minimum absolute atomic E-state index is 0.0273. The Bertz CT molecular complexity index is 1180. The summed E-state index contributed by atoms with van der Waals surface area (Å²) in [5.41, 5.74) is 4.16. The van der Waals surface area contributed by atoms with Crippen LogP contribution >= 0.6 is 0 Å². The Morgan fingerprint density at radius 3 is 1.27 bits per heavy atom. The van der Waals surface area contributed by atoms with Gasteiger partial charge in [0.15, 0.2) is 0 Å². The fourth-order valence-corrected chi connectivity index (χ4v) is 4.72. The molecule has 0 spiro atoms. The van der Waals surface area contributed by atoms with Crippen LogP contribution in [0, 0.1) is 22.7 Å². The highest BCUT2D eigenvalue weighted by Gasteiger charge is 2.11. The third-order valence-corrected chi connectivity index (χ3v) is 7.41. The van der Waals surface area contributed by atoms with Crippen molar-refractivity contribution in [3.05, 3.63) is 81.9 Å². The molecule has 0 aliphatic carbocycles. The molecule has 234 valence electrons. The van der Waals surface area contributed by atoms with E-state index in [2.05, 4.69) is 38.1 Å². The quantitative estimate of drug-likeness (QED) is 0.0617. The number of hydrogen-bond donors (Lipinski definition) is 0. The second-order valence-electron chi connectivity index (χ2n) is 11.1. The average Bonchev–Trinajstić information content (AvgIpc) is 3.04. The van der Waals surface area contributed by atoms with E-state index >= 15 is 0 Å². The topological polar surface area (TPSA) is 100 Å². The standard InChI is InChI=1S/C38H48N2O4/c1-3-5-7-13-25-43-37(41)35(29-39)27-33-21-17-31(18-22-33)15-11-9-10-12-16-32-19-23-34(24-20-32)28-36(30-40)38(42)44-26-14-8-6-4-2/h17-24,27-28H,3-16,25-26H2,1-2H3/b35-27+,36-28+. The normalized spacial score (nSPS) is 11.5. The molecule has 0 saturated carbocycles. The van der Waals surface area contributed by atoms with Crippen molar-refractivity contribution in [1.82, 2.24) is 0 Å². The minimum atomic E-state index is -0.556. The molecular weight excluding hydrogens is 548 g/mol. The molecule has 2 aromatic carbocycles. The molecule has 2 rings (SSSR count). The van der Waals surface area contributed by atoms with Gasteiger partial charge in [0, 0.05) is 0 Å². The predicted octanol–water partition coefficient (Wildman–Crippen LogP) is 9.09. The Balaban J connectivity index is 1.69. The van der Waals surface area contributed by atoms with Gasteiger partial charge in [0.05, 0.1) is 13.2 Å². The van der Waals surface area contributed by atoms with E-state index in [1.54, 1.807) is 12.2 Å². The van der Waals surface area contributed by atoms with E-state index in [1.165, 1.54) is 11.1 Å². The molecule has 0 unspecified atom stereocenters. The number of unbranched alkanes of at least 4 members (excludes halogenated alkanes) is 9. The van der Waals surface area contributed by atoms with Gasteiger partial charge in [0.2, 0.25) is 0 Å². The first-order valence-corrected chi connectivity index (χ1v) is 16.3. The number of esters is 2. The van der Waals surface area contributed by atoms with Gasteiger partial charge in [0.1, 0.15) is 23.3 Å². The number of hydrogen-bond acceptors (Lipinski definition) is 6. The van der Waals surface area contributed by atoms with Crippen LogP contribution in [-0.4, -0.2) is 25.2 Å². The van der Waals surface area contributed by atoms with Gasteiger partial charge >= 0.3 is 11.9 Å². The van der Waals surface area contributed by atoms with Crippen LogP contribution in [0.3, 0.4) is 0 Å². The van der Waals surface area contributed by atoms with E-state index in [0.29, 0.717) is 13.2 Å². The van der Waals surface area contributed by atoms with Crippen LogP contribution in [0.2, 0.25) is 0 Å². The number of nitriles is 2. The maximum absolute atomic E-state index is 12.2. The smallest absolute Gasteiger partial charge is 0.348 e. The van der Waals surface area contributed by atoms with Gasteiger partial charge in [-0.25, -0.2) is 9.59 Å². The number of rotatable bonds is 21. The molecule has 0 fully saturated rings. The molecule has 6 nitrogen and oxygen atoms in total. The first-order chi connectivity index (χ1) is 21.5. The van der Waals surface area contributed by atoms with Gasteiger partial charge in [-0.15, -0.1) is 0 Å². The summed E-state index contributed by atoms with van der Waals surface area (Å²) in [6, 6.07) is 19.9. The van der Waals surface area contributed by atoms with Gasteiger partial charge in [0.25, 0.3) is 0 Å². The van der Waals surface area contributed by atoms with Crippen molar-refractivity contribution in [3.63, 3.8) is 0 Å². The van der Waals surface area contributed by atoms with Gasteiger partial charge in [-0.05, 0) is 72.9 Å². The highest BCUT2D eigenvalue weighted by Crippen LogP contribution is 2.16. The van der Waals surface area contributed by atoms with Crippen molar-refractivity contribution in [1.29, 1.82) is 10.5 Å². The molecule has 0 heterocycles. The van der Waals surface area contributed by atoms with Crippen molar-refractivity contribution in [3.8, 4) is 12.1 Å². The van der Waals surface area contributed by atoms with E-state index in [9.17, 15) is 20.1 Å². The Morgan fingerprint density at radius 2 is 0.932 bits per heavy atom. The number of aryl methyl sites for hydroxylation is 2. The molecule has 0 saturated heterocycles. The number of benzene rings is 2. The molecule has 0 aliphatic rings. The van der Waals surface area contributed by atoms with Gasteiger partial charge in [-0.1, -0.05) is 114 Å². The van der Waals surface area contributed by atoms with Crippen LogP contribution in [0.15, 0.2) is 59.7 Å². The molecule has 0 atom stereocenters. The fraction of sp³-hybridized carbons (Fsp3) is 0.474. The largest absolute Gasteiger partial charge is 0.462 e. The lowest BCUT2D eigenvalue weighted by atomic mass is 10.0. The van der Waals surface area contributed by atoms with Crippen LogP contribution in [0.25, 0.3) is 12.2 Å². The Kier molecular flexibility index (Phi) is 18.3. The van der Waals surface area contributed by atoms with E-state index < -0.39 is 11.9 Å². The van der Waals surface area contributed by atoms with Crippen molar-refractivity contribution in [2.24, 2.45) is 0 Å². The minimum Gasteiger partial charge on any atom is -0.462 e. The molecule has 6 heteroatoms. The highest BCUT2D eigenvalue weighted by molar-refractivity contribution is 5.98. The maximum Gasteiger partial charge on any atom is 0.348 e. The zero-order valence-corrected chi connectivity index (χ0v) is 26.6. The number of nitrogens with zero attached hydrogens (tertiary/aromatic N) is 2. The first kappa shape index (κ1) is 36.0. The number of ether oxygens (including phenoxy) is 2. The molecule has 0 N–H and O–H groups in total. The van der Waals surface area contributed by atoms with E-state index in [4.69, 9.17) is 9.47 Å². The van der Waals surface area contributed by atoms with Crippen LogP contribution in [0.4, 0.5) is 0 Å². The lowest BCUT2D eigenvalue weighted by molar-refractivity contribution is -0.139. The summed E-state index contributed by atoms with van der Waals surface area (Å²) in [6.45, 7) is 4.96. The first-order valence-electron chi connectivity index (χ1n) is 16.3. The molecule has 0 amide bonds. The predicted molar refractivity (Wildman–Crippen MR) is 176 cm³/mol. The Morgan fingerprint density at radius 1 is 0.568 bits per heavy atom. The molecule has 0 bridgehead atoms. The van der Waals surface area contributed by atoms with Crippen LogP contribution in [0.1, 0.15) is 113 Å². The average molecular weight is 597 g/mol. The summed E-state index contributed by atoms with van der Waals surface area (Å²) in [4.78, 5) is 24.4. The van der Waals surface area contributed by atoms with Crippen LogP contribution in [-0.2, 0) is 31.9 Å². The molecule has 0 aromatic heterocycles. The van der Waals surface area contributed by atoms with Crippen molar-refractivity contribution in [2.75, 3.05) is 13.2 Å². The summed E-state index contributed by atoms with van der Waals surface area (Å²) in [5, 5.41) is 18.8. The van der Waals surface area contributed by atoms with Crippen LogP contribution < -0.4 is 0 Å². The SMILES string of the molecule is CCCCCCOC(=O)/C(C#N)=C/c1ccc(CCCCCCc2ccc(/C=C(\C#N)C(=O)OCCCCCC)cc2)cc1. The lowest BCUT2D eigenvalue weighted by Gasteiger charge is -2.06. The highest BCUT2D eigenvalue weighted by atomic mass is 16.5.